The van der Waals surface area contributed by atoms with Crippen molar-refractivity contribution >= 4 is 23.2 Å². The van der Waals surface area contributed by atoms with Crippen molar-refractivity contribution in [1.82, 2.24) is 0 Å². The number of carbonyl (C=O) groups is 1. The maximum Gasteiger partial charge on any atom is 0.274 e. The molecule has 0 aliphatic carbocycles. The van der Waals surface area contributed by atoms with Gasteiger partial charge in [-0.1, -0.05) is 0 Å². The number of nitrogens with zero attached hydrogens (tertiary/aromatic N) is 1. The molecule has 1 N–H and O–H groups in total. The highest BCUT2D eigenvalue weighted by molar-refractivity contribution is 6.28. The van der Waals surface area contributed by atoms with Gasteiger partial charge in [0.25, 0.3) is 5.15 Å². The zero-order chi connectivity index (χ0) is 9.14. The number of amides is 1. The topological polar surface area (TPSA) is 33.0 Å². The first-order valence-corrected chi connectivity index (χ1v) is 3.90. The average Bonchev–Trinajstić information content (AvgIpc) is 1.96. The van der Waals surface area contributed by atoms with Crippen molar-refractivity contribution < 1.29 is 33.3 Å². The van der Waals surface area contributed by atoms with Crippen molar-refractivity contribution in [3.63, 3.8) is 0 Å². The van der Waals surface area contributed by atoms with Crippen LogP contribution in [0.15, 0.2) is 18.3 Å². The highest BCUT2D eigenvalue weighted by atomic mass is 127. The summed E-state index contributed by atoms with van der Waals surface area (Å²) in [6.45, 7) is 1.47. The molecule has 1 aromatic rings. The van der Waals surface area contributed by atoms with E-state index in [4.69, 9.17) is 11.6 Å². The van der Waals surface area contributed by atoms with Gasteiger partial charge in [-0.15, -0.1) is 0 Å². The second-order valence-electron chi connectivity index (χ2n) is 2.53. The first-order chi connectivity index (χ1) is 5.59. The molecule has 72 valence electrons. The molecule has 5 heteroatoms. The van der Waals surface area contributed by atoms with E-state index in [-0.39, 0.29) is 29.9 Å². The highest BCUT2D eigenvalue weighted by Gasteiger charge is 2.04. The lowest BCUT2D eigenvalue weighted by atomic mass is 10.4. The Bertz CT molecular complexity index is 317. The fraction of sp³-hybridized carbons (Fsp3) is 0.250. The summed E-state index contributed by atoms with van der Waals surface area (Å²) >= 11 is 5.77. The molecule has 0 bridgehead atoms. The van der Waals surface area contributed by atoms with E-state index in [9.17, 15) is 4.79 Å². The first-order valence-electron chi connectivity index (χ1n) is 3.52. The maximum atomic E-state index is 10.7. The van der Waals surface area contributed by atoms with Gasteiger partial charge in [-0.05, 0) is 17.7 Å². The lowest BCUT2D eigenvalue weighted by molar-refractivity contribution is -0.668. The van der Waals surface area contributed by atoms with E-state index in [1.165, 1.54) is 6.92 Å². The minimum Gasteiger partial charge on any atom is -1.00 e. The highest BCUT2D eigenvalue weighted by Crippen LogP contribution is 2.07. The molecule has 0 spiro atoms. The Morgan fingerprint density at radius 3 is 2.62 bits per heavy atom. The SMILES string of the molecule is CC(=O)Nc1ccc(Cl)[n+](C)c1.[I-]. The van der Waals surface area contributed by atoms with Crippen molar-refractivity contribution in [1.29, 1.82) is 0 Å². The molecule has 13 heavy (non-hydrogen) atoms. The smallest absolute Gasteiger partial charge is 0.274 e. The number of aryl methyl sites for hydroxylation is 1. The molecule has 0 atom stereocenters. The standard InChI is InChI=1S/C8H9ClN2O.HI/c1-6(12)10-7-3-4-8(9)11(2)5-7;/h3-5H,1-2H3;1H. The molecule has 0 aromatic carbocycles. The molecule has 1 heterocycles. The van der Waals surface area contributed by atoms with Crippen LogP contribution in [-0.2, 0) is 11.8 Å². The fourth-order valence-electron chi connectivity index (χ4n) is 0.867. The number of nitrogens with one attached hydrogen (secondary N) is 1. The Hall–Kier alpha value is -0.360. The van der Waals surface area contributed by atoms with Gasteiger partial charge in [0.05, 0.1) is 0 Å². The van der Waals surface area contributed by atoms with Gasteiger partial charge < -0.3 is 29.3 Å². The number of aromatic nitrogens is 1. The predicted molar refractivity (Wildman–Crippen MR) is 46.9 cm³/mol. The van der Waals surface area contributed by atoms with Crippen molar-refractivity contribution in [2.45, 2.75) is 6.92 Å². The number of carbonyl (C=O) groups excluding carboxylic acids is 1. The number of hydrogen-bond donors (Lipinski definition) is 1. The Morgan fingerprint density at radius 1 is 1.54 bits per heavy atom. The van der Waals surface area contributed by atoms with E-state index in [0.717, 1.165) is 5.69 Å². The van der Waals surface area contributed by atoms with Crippen molar-refractivity contribution in [3.05, 3.63) is 23.5 Å². The quantitative estimate of drug-likeness (QED) is 0.368. The largest absolute Gasteiger partial charge is 1.00 e. The van der Waals surface area contributed by atoms with Crippen LogP contribution < -0.4 is 33.9 Å². The van der Waals surface area contributed by atoms with Crippen LogP contribution in [0.2, 0.25) is 5.15 Å². The molecular formula is C8H10ClIN2O. The summed E-state index contributed by atoms with van der Waals surface area (Å²) in [6, 6.07) is 3.48. The van der Waals surface area contributed by atoms with Crippen LogP contribution in [0.1, 0.15) is 6.92 Å². The third-order valence-corrected chi connectivity index (χ3v) is 1.78. The summed E-state index contributed by atoms with van der Waals surface area (Å²) in [6.07, 6.45) is 1.75. The molecule has 1 rings (SSSR count). The summed E-state index contributed by atoms with van der Waals surface area (Å²) in [7, 11) is 1.81. The molecule has 0 unspecified atom stereocenters. The molecule has 0 radical (unpaired) electrons. The van der Waals surface area contributed by atoms with Gasteiger partial charge in [-0.3, -0.25) is 4.79 Å². The minimum atomic E-state index is -0.0858. The molecule has 0 aliphatic rings. The van der Waals surface area contributed by atoms with Crippen molar-refractivity contribution in [2.75, 3.05) is 5.32 Å². The van der Waals surface area contributed by atoms with Gasteiger partial charge >= 0.3 is 0 Å². The minimum absolute atomic E-state index is 0. The normalized spacial score (nSPS) is 8.85. The molecule has 0 aliphatic heterocycles. The first kappa shape index (κ1) is 12.6. The second kappa shape index (κ2) is 5.39. The third-order valence-electron chi connectivity index (χ3n) is 1.39. The Morgan fingerprint density at radius 2 is 2.15 bits per heavy atom. The molecule has 0 saturated carbocycles. The predicted octanol–water partition coefficient (Wildman–Crippen LogP) is -1.87. The number of pyridine rings is 1. The van der Waals surface area contributed by atoms with E-state index in [0.29, 0.717) is 5.15 Å². The van der Waals surface area contributed by atoms with Gasteiger partial charge in [0.1, 0.15) is 12.7 Å². The molecule has 3 nitrogen and oxygen atoms in total. The summed E-state index contributed by atoms with van der Waals surface area (Å²) in [5.74, 6) is -0.0858. The average molecular weight is 313 g/mol. The number of rotatable bonds is 1. The van der Waals surface area contributed by atoms with Gasteiger partial charge in [-0.2, -0.15) is 4.57 Å². The van der Waals surface area contributed by atoms with Gasteiger partial charge in [0.15, 0.2) is 6.20 Å². The zero-order valence-corrected chi connectivity index (χ0v) is 10.3. The van der Waals surface area contributed by atoms with Crippen LogP contribution in [0.3, 0.4) is 0 Å². The van der Waals surface area contributed by atoms with Crippen LogP contribution in [0.5, 0.6) is 0 Å². The van der Waals surface area contributed by atoms with Crippen LogP contribution in [0, 0.1) is 0 Å². The lowest BCUT2D eigenvalue weighted by Gasteiger charge is -1.98. The van der Waals surface area contributed by atoms with Gasteiger partial charge in [-0.25, -0.2) is 0 Å². The summed E-state index contributed by atoms with van der Waals surface area (Å²) < 4.78 is 1.73. The van der Waals surface area contributed by atoms with Crippen LogP contribution in [-0.4, -0.2) is 5.91 Å². The van der Waals surface area contributed by atoms with Crippen molar-refractivity contribution in [2.24, 2.45) is 7.05 Å². The molecule has 1 aromatic heterocycles. The monoisotopic (exact) mass is 312 g/mol. The number of halogens is 2. The molecule has 0 fully saturated rings. The number of hydrogen-bond acceptors (Lipinski definition) is 1. The van der Waals surface area contributed by atoms with Crippen LogP contribution in [0.25, 0.3) is 0 Å². The Labute approximate surface area is 99.1 Å². The Balaban J connectivity index is 0.00000144. The maximum absolute atomic E-state index is 10.7. The summed E-state index contributed by atoms with van der Waals surface area (Å²) in [4.78, 5) is 10.7. The van der Waals surface area contributed by atoms with E-state index >= 15 is 0 Å². The molecule has 1 amide bonds. The van der Waals surface area contributed by atoms with E-state index < -0.39 is 0 Å². The molecular weight excluding hydrogens is 302 g/mol. The van der Waals surface area contributed by atoms with Crippen LogP contribution in [0.4, 0.5) is 5.69 Å². The summed E-state index contributed by atoms with van der Waals surface area (Å²) in [5.41, 5.74) is 0.745. The van der Waals surface area contributed by atoms with E-state index in [2.05, 4.69) is 5.32 Å². The Kier molecular flexibility index (Phi) is 5.24. The van der Waals surface area contributed by atoms with E-state index in [1.54, 1.807) is 22.9 Å². The van der Waals surface area contributed by atoms with E-state index in [1.807, 2.05) is 7.05 Å². The second-order valence-corrected chi connectivity index (χ2v) is 2.92. The third kappa shape index (κ3) is 3.91. The van der Waals surface area contributed by atoms with Gasteiger partial charge in [0, 0.05) is 13.0 Å². The zero-order valence-electron chi connectivity index (χ0n) is 7.34. The van der Waals surface area contributed by atoms with Crippen molar-refractivity contribution in [3.8, 4) is 0 Å². The van der Waals surface area contributed by atoms with Gasteiger partial charge in [0.2, 0.25) is 5.91 Å². The fourth-order valence-corrected chi connectivity index (χ4v) is 0.978. The lowest BCUT2D eigenvalue weighted by Crippen LogP contribution is -3.00. The summed E-state index contributed by atoms with van der Waals surface area (Å²) in [5, 5.41) is 3.28. The number of anilines is 1. The molecule has 0 saturated heterocycles. The van der Waals surface area contributed by atoms with Crippen LogP contribution >= 0.6 is 11.6 Å².